The van der Waals surface area contributed by atoms with E-state index >= 15 is 0 Å². The van der Waals surface area contributed by atoms with Crippen molar-refractivity contribution in [3.63, 3.8) is 0 Å². The second-order valence-corrected chi connectivity index (χ2v) is 11.6. The molecule has 1 saturated heterocycles. The van der Waals surface area contributed by atoms with Gasteiger partial charge in [0, 0.05) is 25.7 Å². The summed E-state index contributed by atoms with van der Waals surface area (Å²) in [6.07, 6.45) is 2.15. The van der Waals surface area contributed by atoms with E-state index in [4.69, 9.17) is 9.47 Å². The molecule has 3 heterocycles. The van der Waals surface area contributed by atoms with Crippen molar-refractivity contribution in [3.05, 3.63) is 65.7 Å². The van der Waals surface area contributed by atoms with Crippen molar-refractivity contribution in [2.24, 2.45) is 11.8 Å². The Hall–Kier alpha value is -3.17. The third-order valence-corrected chi connectivity index (χ3v) is 9.03. The van der Waals surface area contributed by atoms with Gasteiger partial charge in [-0.2, -0.15) is 0 Å². The van der Waals surface area contributed by atoms with Gasteiger partial charge in [-0.05, 0) is 79.1 Å². The number of rotatable bonds is 6. The molecular weight excluding hydrogens is 464 g/mol. The Balaban J connectivity index is 1.05. The number of anilines is 1. The lowest BCUT2D eigenvalue weighted by atomic mass is 10.0. The molecule has 3 aliphatic rings. The fourth-order valence-corrected chi connectivity index (χ4v) is 6.76. The molecule has 3 aromatic rings. The van der Waals surface area contributed by atoms with Crippen LogP contribution >= 0.6 is 0 Å². The van der Waals surface area contributed by atoms with E-state index in [1.165, 1.54) is 17.2 Å². The number of hydrogen-bond donors (Lipinski definition) is 1. The van der Waals surface area contributed by atoms with Gasteiger partial charge >= 0.3 is 0 Å². The van der Waals surface area contributed by atoms with Crippen molar-refractivity contribution in [1.29, 1.82) is 0 Å². The van der Waals surface area contributed by atoms with Crippen LogP contribution in [0.4, 0.5) is 5.82 Å². The number of aryl methyl sites for hydroxylation is 1. The van der Waals surface area contributed by atoms with Crippen LogP contribution in [0, 0.1) is 18.8 Å². The summed E-state index contributed by atoms with van der Waals surface area (Å²) in [6.45, 7) is 5.52. The van der Waals surface area contributed by atoms with Gasteiger partial charge in [-0.25, -0.2) is 8.42 Å². The smallest absolute Gasteiger partial charge is 0.231 e. The predicted molar refractivity (Wildman–Crippen MR) is 130 cm³/mol. The predicted octanol–water partition coefficient (Wildman–Crippen LogP) is 3.67. The number of fused-ring (bicyclic) bond motifs is 2. The molecule has 2 aromatic carbocycles. The average molecular weight is 493 g/mol. The summed E-state index contributed by atoms with van der Waals surface area (Å²) < 4.78 is 36.5. The first-order chi connectivity index (χ1) is 17.0. The van der Waals surface area contributed by atoms with Crippen molar-refractivity contribution < 1.29 is 17.9 Å². The van der Waals surface area contributed by atoms with Crippen LogP contribution in [0.15, 0.2) is 64.5 Å². The van der Waals surface area contributed by atoms with E-state index in [1.807, 2.05) is 0 Å². The number of sulfone groups is 1. The SMILES string of the molecule is Cc1cc2c(cc1CN1C[C@H]3CC(Nc4ccc(S(=O)(=O)c5ccccc5)nn4)C[C@H]3C1)OCO2. The second-order valence-electron chi connectivity index (χ2n) is 9.73. The lowest BCUT2D eigenvalue weighted by Gasteiger charge is -2.21. The Morgan fingerprint density at radius 3 is 2.37 bits per heavy atom. The minimum absolute atomic E-state index is 0.0352. The Labute approximate surface area is 205 Å². The Kier molecular flexibility index (Phi) is 5.61. The summed E-state index contributed by atoms with van der Waals surface area (Å²) >= 11 is 0. The maximum Gasteiger partial charge on any atom is 0.231 e. The molecule has 1 aromatic heterocycles. The fraction of sp³-hybridized carbons (Fsp3) is 0.385. The minimum atomic E-state index is -3.66. The number of nitrogens with zero attached hydrogens (tertiary/aromatic N) is 3. The third-order valence-electron chi connectivity index (χ3n) is 7.37. The summed E-state index contributed by atoms with van der Waals surface area (Å²) in [5.41, 5.74) is 2.53. The van der Waals surface area contributed by atoms with Crippen LogP contribution in [0.1, 0.15) is 24.0 Å². The van der Waals surface area contributed by atoms with E-state index in [0.29, 0.717) is 30.5 Å². The highest BCUT2D eigenvalue weighted by Crippen LogP contribution is 2.41. The number of benzene rings is 2. The molecule has 6 rings (SSSR count). The van der Waals surface area contributed by atoms with E-state index in [0.717, 1.165) is 44.0 Å². The van der Waals surface area contributed by atoms with Crippen molar-refractivity contribution in [2.75, 3.05) is 25.2 Å². The molecule has 0 radical (unpaired) electrons. The van der Waals surface area contributed by atoms with E-state index in [1.54, 1.807) is 36.4 Å². The molecular formula is C26H28N4O4S. The topological polar surface area (TPSA) is 93.7 Å². The maximum atomic E-state index is 12.7. The largest absolute Gasteiger partial charge is 0.454 e. The van der Waals surface area contributed by atoms with Crippen LogP contribution in [-0.4, -0.2) is 49.4 Å². The van der Waals surface area contributed by atoms with Gasteiger partial charge in [0.15, 0.2) is 16.5 Å². The Bertz CT molecular complexity index is 1320. The van der Waals surface area contributed by atoms with Crippen molar-refractivity contribution in [2.45, 2.75) is 42.3 Å². The Morgan fingerprint density at radius 2 is 1.69 bits per heavy atom. The van der Waals surface area contributed by atoms with Gasteiger partial charge in [0.25, 0.3) is 0 Å². The van der Waals surface area contributed by atoms with Crippen LogP contribution in [-0.2, 0) is 16.4 Å². The van der Waals surface area contributed by atoms with E-state index in [9.17, 15) is 8.42 Å². The number of likely N-dealkylation sites (tertiary alicyclic amines) is 1. The molecule has 1 aliphatic carbocycles. The molecule has 9 heteroatoms. The molecule has 35 heavy (non-hydrogen) atoms. The van der Waals surface area contributed by atoms with Gasteiger partial charge in [0.05, 0.1) is 4.90 Å². The molecule has 0 amide bonds. The van der Waals surface area contributed by atoms with Crippen LogP contribution in [0.3, 0.4) is 0 Å². The molecule has 2 fully saturated rings. The van der Waals surface area contributed by atoms with Crippen LogP contribution in [0.2, 0.25) is 0 Å². The second kappa shape index (κ2) is 8.80. The number of hydrogen-bond acceptors (Lipinski definition) is 8. The van der Waals surface area contributed by atoms with Gasteiger partial charge in [-0.3, -0.25) is 4.90 Å². The van der Waals surface area contributed by atoms with Gasteiger partial charge in [-0.15, -0.1) is 10.2 Å². The fourth-order valence-electron chi connectivity index (χ4n) is 5.61. The van der Waals surface area contributed by atoms with Crippen molar-refractivity contribution >= 4 is 15.7 Å². The molecule has 182 valence electrons. The lowest BCUT2D eigenvalue weighted by Crippen LogP contribution is -2.25. The average Bonchev–Trinajstić information content (AvgIpc) is 3.55. The zero-order chi connectivity index (χ0) is 24.0. The van der Waals surface area contributed by atoms with Crippen LogP contribution in [0.5, 0.6) is 11.5 Å². The third kappa shape index (κ3) is 4.34. The van der Waals surface area contributed by atoms with Gasteiger partial charge in [0.2, 0.25) is 16.6 Å². The summed E-state index contributed by atoms with van der Waals surface area (Å²) in [7, 11) is -3.66. The first-order valence-electron chi connectivity index (χ1n) is 12.0. The highest BCUT2D eigenvalue weighted by Gasteiger charge is 2.41. The highest BCUT2D eigenvalue weighted by atomic mass is 32.2. The van der Waals surface area contributed by atoms with Crippen molar-refractivity contribution in [1.82, 2.24) is 15.1 Å². The van der Waals surface area contributed by atoms with Gasteiger partial charge in [0.1, 0.15) is 5.82 Å². The summed E-state index contributed by atoms with van der Waals surface area (Å²) in [6, 6.07) is 16.1. The number of nitrogens with one attached hydrogen (secondary N) is 1. The Morgan fingerprint density at radius 1 is 0.971 bits per heavy atom. The lowest BCUT2D eigenvalue weighted by molar-refractivity contribution is 0.174. The quantitative estimate of drug-likeness (QED) is 0.557. The van der Waals surface area contributed by atoms with E-state index in [2.05, 4.69) is 39.5 Å². The van der Waals surface area contributed by atoms with Gasteiger partial charge in [-0.1, -0.05) is 18.2 Å². The van der Waals surface area contributed by atoms with Crippen LogP contribution in [0.25, 0.3) is 0 Å². The van der Waals surface area contributed by atoms with E-state index in [-0.39, 0.29) is 9.92 Å². The molecule has 1 unspecified atom stereocenters. The number of ether oxygens (including phenoxy) is 2. The summed E-state index contributed by atoms with van der Waals surface area (Å²) in [5.74, 6) is 3.60. The maximum absolute atomic E-state index is 12.7. The first kappa shape index (κ1) is 22.3. The molecule has 8 nitrogen and oxygen atoms in total. The molecule has 0 bridgehead atoms. The summed E-state index contributed by atoms with van der Waals surface area (Å²) in [4.78, 5) is 2.76. The molecule has 3 atom stereocenters. The summed E-state index contributed by atoms with van der Waals surface area (Å²) in [5, 5.41) is 11.6. The van der Waals surface area contributed by atoms with Gasteiger partial charge < -0.3 is 14.8 Å². The number of aromatic nitrogens is 2. The zero-order valence-electron chi connectivity index (χ0n) is 19.6. The van der Waals surface area contributed by atoms with E-state index < -0.39 is 9.84 Å². The van der Waals surface area contributed by atoms with Crippen molar-refractivity contribution in [3.8, 4) is 11.5 Å². The zero-order valence-corrected chi connectivity index (χ0v) is 20.4. The molecule has 0 spiro atoms. The minimum Gasteiger partial charge on any atom is -0.454 e. The molecule has 2 aliphatic heterocycles. The van der Waals surface area contributed by atoms with Crippen LogP contribution < -0.4 is 14.8 Å². The highest BCUT2D eigenvalue weighted by molar-refractivity contribution is 7.91. The first-order valence-corrected chi connectivity index (χ1v) is 13.5. The molecule has 1 N–H and O–H groups in total. The molecule has 1 saturated carbocycles. The monoisotopic (exact) mass is 492 g/mol. The normalized spacial score (nSPS) is 23.4. The standard InChI is InChI=1S/C26H28N4O4S/c1-17-9-23-24(34-16-33-23)12-18(17)13-30-14-19-10-21(11-20(19)15-30)27-25-7-8-26(29-28-25)35(31,32)22-5-3-2-4-6-22/h2-9,12,19-21H,10-11,13-16H2,1H3,(H,27,28)/t19-,20+,21?.